The highest BCUT2D eigenvalue weighted by atomic mass is 35.5. The van der Waals surface area contributed by atoms with Gasteiger partial charge >= 0.3 is 17.3 Å². The summed E-state index contributed by atoms with van der Waals surface area (Å²) in [5.41, 5.74) is -0.182. The average Bonchev–Trinajstić information content (AvgIpc) is 3.68. The second kappa shape index (κ2) is 10.5. The van der Waals surface area contributed by atoms with Crippen LogP contribution in [-0.4, -0.2) is 30.2 Å². The maximum absolute atomic E-state index is 13.8. The molecule has 2 atom stereocenters. The van der Waals surface area contributed by atoms with Crippen LogP contribution in [0.5, 0.6) is 11.6 Å². The summed E-state index contributed by atoms with van der Waals surface area (Å²) < 4.78 is 21.6. The summed E-state index contributed by atoms with van der Waals surface area (Å²) in [6, 6.07) is 15.9. The quantitative estimate of drug-likeness (QED) is 0.329. The molecule has 10 nitrogen and oxygen atoms in total. The summed E-state index contributed by atoms with van der Waals surface area (Å²) >= 11 is 5.98. The van der Waals surface area contributed by atoms with Gasteiger partial charge in [0.25, 0.3) is 5.88 Å². The van der Waals surface area contributed by atoms with Crippen molar-refractivity contribution in [1.82, 2.24) is 19.1 Å². The van der Waals surface area contributed by atoms with E-state index in [2.05, 4.69) is 15.3 Å². The smallest absolute Gasteiger partial charge is 0.354 e. The van der Waals surface area contributed by atoms with Crippen LogP contribution in [0, 0.1) is 17.7 Å². The van der Waals surface area contributed by atoms with E-state index in [9.17, 15) is 23.9 Å². The van der Waals surface area contributed by atoms with Crippen LogP contribution in [0.2, 0.25) is 5.02 Å². The Kier molecular flexibility index (Phi) is 6.93. The van der Waals surface area contributed by atoms with Gasteiger partial charge in [0.2, 0.25) is 5.95 Å². The molecule has 12 heteroatoms. The zero-order valence-corrected chi connectivity index (χ0v) is 20.5. The van der Waals surface area contributed by atoms with Crippen molar-refractivity contribution in [3.8, 4) is 11.6 Å². The fourth-order valence-electron chi connectivity index (χ4n) is 3.98. The first-order valence-electron chi connectivity index (χ1n) is 11.6. The number of nitrogens with one attached hydrogen (secondary N) is 1. The molecule has 1 fully saturated rings. The Labute approximate surface area is 219 Å². The molecule has 0 radical (unpaired) electrons. The second-order valence-electron chi connectivity index (χ2n) is 8.81. The average molecular weight is 538 g/mol. The number of hydrogen-bond acceptors (Lipinski definition) is 7. The highest BCUT2D eigenvalue weighted by Gasteiger charge is 2.43. The molecular formula is C26H21ClFN5O5. The molecule has 1 saturated carbocycles. The van der Waals surface area contributed by atoms with Gasteiger partial charge in [0, 0.05) is 23.5 Å². The molecule has 2 aromatic carbocycles. The van der Waals surface area contributed by atoms with Gasteiger partial charge in [-0.05, 0) is 66.4 Å². The maximum Gasteiger partial charge on any atom is 0.354 e. The normalized spacial score (nSPS) is 16.2. The van der Waals surface area contributed by atoms with Gasteiger partial charge in [-0.2, -0.15) is 4.98 Å². The molecule has 38 heavy (non-hydrogen) atoms. The van der Waals surface area contributed by atoms with Crippen molar-refractivity contribution in [3.63, 3.8) is 0 Å². The Hall–Kier alpha value is -4.51. The number of benzene rings is 2. The molecule has 0 aliphatic heterocycles. The third kappa shape index (κ3) is 5.57. The van der Waals surface area contributed by atoms with Gasteiger partial charge in [-0.15, -0.1) is 0 Å². The van der Waals surface area contributed by atoms with Crippen LogP contribution in [0.25, 0.3) is 0 Å². The second-order valence-corrected chi connectivity index (χ2v) is 9.24. The van der Waals surface area contributed by atoms with Crippen molar-refractivity contribution in [2.75, 3.05) is 5.32 Å². The highest BCUT2D eigenvalue weighted by Crippen LogP contribution is 2.39. The number of carbonyl (C=O) groups is 1. The van der Waals surface area contributed by atoms with Gasteiger partial charge in [0.05, 0.1) is 12.5 Å². The van der Waals surface area contributed by atoms with Crippen LogP contribution in [0.15, 0.2) is 76.4 Å². The third-order valence-corrected chi connectivity index (χ3v) is 6.36. The van der Waals surface area contributed by atoms with Crippen LogP contribution < -0.4 is 21.4 Å². The fraction of sp³-hybridized carbons (Fsp3) is 0.192. The molecule has 0 bridgehead atoms. The van der Waals surface area contributed by atoms with Gasteiger partial charge in [-0.3, -0.25) is 9.36 Å². The SMILES string of the molecule is O=C(O)[C@@H]1C[C@@H]1Cn1c(=O)nc(Nc2ccc(Oc3ncccc3F)cc2)n(Cc2ccc(Cl)cc2)c1=O. The van der Waals surface area contributed by atoms with Crippen LogP contribution in [0.4, 0.5) is 16.0 Å². The van der Waals surface area contributed by atoms with Crippen LogP contribution >= 0.6 is 11.6 Å². The lowest BCUT2D eigenvalue weighted by Crippen LogP contribution is -2.43. The molecule has 4 aromatic rings. The first-order chi connectivity index (χ1) is 18.3. The molecule has 2 aromatic heterocycles. The van der Waals surface area contributed by atoms with E-state index < -0.39 is 29.1 Å². The Morgan fingerprint density at radius 3 is 2.50 bits per heavy atom. The molecule has 5 rings (SSSR count). The maximum atomic E-state index is 13.8. The number of nitrogens with zero attached hydrogens (tertiary/aromatic N) is 4. The van der Waals surface area contributed by atoms with Crippen LogP contribution in [0.1, 0.15) is 12.0 Å². The van der Waals surface area contributed by atoms with Crippen LogP contribution in [0.3, 0.4) is 0 Å². The van der Waals surface area contributed by atoms with E-state index in [1.165, 1.54) is 22.9 Å². The summed E-state index contributed by atoms with van der Waals surface area (Å²) in [6.07, 6.45) is 1.81. The fourth-order valence-corrected chi connectivity index (χ4v) is 4.10. The van der Waals surface area contributed by atoms with E-state index in [4.69, 9.17) is 16.3 Å². The number of hydrogen-bond donors (Lipinski definition) is 2. The molecule has 0 spiro atoms. The monoisotopic (exact) mass is 537 g/mol. The number of anilines is 2. The Morgan fingerprint density at radius 1 is 1.11 bits per heavy atom. The number of carboxylic acid groups (broad SMARTS) is 1. The predicted molar refractivity (Wildman–Crippen MR) is 137 cm³/mol. The van der Waals surface area contributed by atoms with E-state index in [-0.39, 0.29) is 30.8 Å². The van der Waals surface area contributed by atoms with Gasteiger partial charge < -0.3 is 15.2 Å². The van der Waals surface area contributed by atoms with E-state index >= 15 is 0 Å². The minimum atomic E-state index is -0.950. The summed E-state index contributed by atoms with van der Waals surface area (Å²) in [6.45, 7) is 0.0530. The lowest BCUT2D eigenvalue weighted by molar-refractivity contribution is -0.138. The molecule has 194 valence electrons. The number of aliphatic carboxylic acids is 1. The predicted octanol–water partition coefficient (Wildman–Crippen LogP) is 3.90. The minimum absolute atomic E-state index is 0.00113. The van der Waals surface area contributed by atoms with Crippen molar-refractivity contribution in [1.29, 1.82) is 0 Å². The molecular weight excluding hydrogens is 517 g/mol. The van der Waals surface area contributed by atoms with Crippen molar-refractivity contribution < 1.29 is 19.0 Å². The van der Waals surface area contributed by atoms with Gasteiger partial charge in [-0.25, -0.2) is 23.5 Å². The number of pyridine rings is 1. The van der Waals surface area contributed by atoms with Gasteiger partial charge in [0.15, 0.2) is 5.82 Å². The Bertz CT molecular complexity index is 1600. The molecule has 0 amide bonds. The zero-order valence-electron chi connectivity index (χ0n) is 19.8. The number of ether oxygens (including phenoxy) is 1. The molecule has 1 aliphatic rings. The van der Waals surface area contributed by atoms with Gasteiger partial charge in [0.1, 0.15) is 5.75 Å². The molecule has 0 unspecified atom stereocenters. The van der Waals surface area contributed by atoms with Crippen molar-refractivity contribution in [2.24, 2.45) is 11.8 Å². The molecule has 2 heterocycles. The zero-order chi connectivity index (χ0) is 26.8. The summed E-state index contributed by atoms with van der Waals surface area (Å²) in [7, 11) is 0. The van der Waals surface area contributed by atoms with Crippen molar-refractivity contribution in [2.45, 2.75) is 19.5 Å². The number of carboxylic acids is 1. The molecule has 0 saturated heterocycles. The third-order valence-electron chi connectivity index (χ3n) is 6.11. The number of rotatable bonds is 9. The Morgan fingerprint density at radius 2 is 1.84 bits per heavy atom. The molecule has 1 aliphatic carbocycles. The minimum Gasteiger partial charge on any atom is -0.481 e. The largest absolute Gasteiger partial charge is 0.481 e. The van der Waals surface area contributed by atoms with Gasteiger partial charge in [-0.1, -0.05) is 23.7 Å². The first-order valence-corrected chi connectivity index (χ1v) is 12.0. The summed E-state index contributed by atoms with van der Waals surface area (Å²) in [5, 5.41) is 12.7. The lowest BCUT2D eigenvalue weighted by Gasteiger charge is -2.16. The number of halogens is 2. The standard InChI is InChI=1S/C26H21ClFN5O5/c27-17-5-3-15(4-6-17)13-32-24(31-25(36)33(26(32)37)14-16-12-20(16)23(34)35)30-18-7-9-19(10-8-18)38-22-21(28)2-1-11-29-22/h1-11,16,20H,12-14H2,(H,34,35)(H,30,31,36)/t16-,20-/m1/s1. The Balaban J connectivity index is 1.44. The summed E-state index contributed by atoms with van der Waals surface area (Å²) in [4.78, 5) is 45.4. The van der Waals surface area contributed by atoms with Crippen LogP contribution in [-0.2, 0) is 17.9 Å². The van der Waals surface area contributed by atoms with Crippen molar-refractivity contribution in [3.05, 3.63) is 104 Å². The topological polar surface area (TPSA) is 128 Å². The molecule has 2 N–H and O–H groups in total. The summed E-state index contributed by atoms with van der Waals surface area (Å²) in [5.74, 6) is -2.28. The number of aromatic nitrogens is 4. The van der Waals surface area contributed by atoms with E-state index in [0.29, 0.717) is 22.9 Å². The van der Waals surface area contributed by atoms with Crippen molar-refractivity contribution >= 4 is 29.2 Å². The van der Waals surface area contributed by atoms with E-state index in [1.807, 2.05) is 0 Å². The highest BCUT2D eigenvalue weighted by molar-refractivity contribution is 6.30. The van der Waals surface area contributed by atoms with E-state index in [0.717, 1.165) is 10.1 Å². The lowest BCUT2D eigenvalue weighted by atomic mass is 10.2. The first kappa shape index (κ1) is 25.2. The van der Waals surface area contributed by atoms with E-state index in [1.54, 1.807) is 48.5 Å².